The monoisotopic (exact) mass is 600 g/mol. The minimum Gasteiger partial charge on any atom is -0.544 e. The van der Waals surface area contributed by atoms with Crippen molar-refractivity contribution in [2.24, 2.45) is 0 Å². The van der Waals surface area contributed by atoms with Crippen LogP contribution in [0.3, 0.4) is 0 Å². The number of carbonyl (C=O) groups excluding carboxylic acids is 3. The van der Waals surface area contributed by atoms with Crippen LogP contribution in [0.2, 0.25) is 0 Å². The standard InChI is InChI=1S/3C6H10O6.3Na/c3*7-4(8)6(11)5(9,10)2-1-3-12-6;;;/h3*9-11H,1-3H2,(H,7,8);;;/q;;;3*+1/p-3. The molecule has 0 radical (unpaired) electrons. The summed E-state index contributed by atoms with van der Waals surface area (Å²) in [6.07, 6.45) is 0.000208. The van der Waals surface area contributed by atoms with E-state index in [0.717, 1.165) is 0 Å². The van der Waals surface area contributed by atoms with Crippen molar-refractivity contribution in [3.63, 3.8) is 0 Å². The number of carboxylic acids is 3. The summed E-state index contributed by atoms with van der Waals surface area (Å²) in [5.74, 6) is -23.5. The second-order valence-electron chi connectivity index (χ2n) is 8.10. The van der Waals surface area contributed by atoms with Gasteiger partial charge >= 0.3 is 88.7 Å². The Kier molecular flexibility index (Phi) is 19.0. The molecule has 0 saturated carbocycles. The van der Waals surface area contributed by atoms with Gasteiger partial charge < -0.3 is 89.9 Å². The van der Waals surface area contributed by atoms with Crippen molar-refractivity contribution in [2.45, 2.75) is 73.2 Å². The molecule has 3 atom stereocenters. The summed E-state index contributed by atoms with van der Waals surface area (Å²) in [6.45, 7) is -0.145. The minimum atomic E-state index is -3.01. The van der Waals surface area contributed by atoms with Crippen LogP contribution in [-0.4, -0.2) is 118 Å². The first kappa shape index (κ1) is 44.4. The van der Waals surface area contributed by atoms with Gasteiger partial charge in [0.2, 0.25) is 17.4 Å². The molecule has 0 bridgehead atoms. The average Bonchev–Trinajstić information content (AvgIpc) is 2.75. The molecular formula is C18H27Na3O18. The van der Waals surface area contributed by atoms with Gasteiger partial charge in [0.25, 0.3) is 17.4 Å². The third kappa shape index (κ3) is 9.98. The molecule has 39 heavy (non-hydrogen) atoms. The predicted octanol–water partition coefficient (Wildman–Crippen LogP) is -18.2. The van der Waals surface area contributed by atoms with E-state index >= 15 is 0 Å². The molecule has 3 saturated heterocycles. The van der Waals surface area contributed by atoms with Gasteiger partial charge in [0.1, 0.15) is 17.9 Å². The summed E-state index contributed by atoms with van der Waals surface area (Å²) < 4.78 is 13.0. The number of hydrogen-bond acceptors (Lipinski definition) is 18. The van der Waals surface area contributed by atoms with E-state index in [1.165, 1.54) is 0 Å². The Balaban J connectivity index is -0.000000480. The van der Waals surface area contributed by atoms with Gasteiger partial charge in [-0.2, -0.15) is 0 Å². The van der Waals surface area contributed by atoms with E-state index in [9.17, 15) is 29.7 Å². The molecule has 9 N–H and O–H groups in total. The van der Waals surface area contributed by atoms with Gasteiger partial charge in [0, 0.05) is 19.3 Å². The molecule has 3 aliphatic heterocycles. The molecule has 3 aliphatic rings. The smallest absolute Gasteiger partial charge is 0.544 e. The van der Waals surface area contributed by atoms with Crippen LogP contribution in [0.15, 0.2) is 0 Å². The topological polar surface area (TPSA) is 330 Å². The van der Waals surface area contributed by atoms with Crippen LogP contribution in [0.25, 0.3) is 0 Å². The van der Waals surface area contributed by atoms with Crippen LogP contribution < -0.4 is 104 Å². The molecule has 3 unspecified atom stereocenters. The summed E-state index contributed by atoms with van der Waals surface area (Å²) in [5.41, 5.74) is 0. The van der Waals surface area contributed by atoms with E-state index in [4.69, 9.17) is 46.0 Å². The second-order valence-corrected chi connectivity index (χ2v) is 8.10. The van der Waals surface area contributed by atoms with Crippen LogP contribution in [0.5, 0.6) is 0 Å². The number of ether oxygens (including phenoxy) is 3. The van der Waals surface area contributed by atoms with Gasteiger partial charge in [0.05, 0.1) is 19.8 Å². The predicted molar refractivity (Wildman–Crippen MR) is 96.9 cm³/mol. The molecule has 3 fully saturated rings. The first-order chi connectivity index (χ1) is 16.2. The SMILES string of the molecule is O=C([O-])C1(O)OCCCC1(O)O.O=C([O-])C1(O)OCCCC1(O)O.O=C([O-])C1(O)OCCCC1(O)O.[Na+].[Na+].[Na+]. The molecule has 0 aliphatic carbocycles. The minimum absolute atomic E-state index is 0. The molecule has 21 heteroatoms. The van der Waals surface area contributed by atoms with Crippen molar-refractivity contribution in [1.29, 1.82) is 0 Å². The largest absolute Gasteiger partial charge is 1.00 e. The Labute approximate surface area is 287 Å². The number of hydrogen-bond donors (Lipinski definition) is 9. The second kappa shape index (κ2) is 16.7. The Morgan fingerprint density at radius 3 is 0.744 bits per heavy atom. The maximum Gasteiger partial charge on any atom is 1.00 e. The first-order valence-corrected chi connectivity index (χ1v) is 10.3. The van der Waals surface area contributed by atoms with Gasteiger partial charge in [-0.3, -0.25) is 0 Å². The van der Waals surface area contributed by atoms with Gasteiger partial charge in [-0.15, -0.1) is 0 Å². The first-order valence-electron chi connectivity index (χ1n) is 10.3. The fourth-order valence-electron chi connectivity index (χ4n) is 3.14. The molecule has 210 valence electrons. The zero-order valence-electron chi connectivity index (χ0n) is 21.6. The summed E-state index contributed by atoms with van der Waals surface area (Å²) >= 11 is 0. The van der Waals surface area contributed by atoms with Gasteiger partial charge in [0.15, 0.2) is 0 Å². The molecule has 0 amide bonds. The number of aliphatic carboxylic acids is 3. The molecular weight excluding hydrogens is 573 g/mol. The van der Waals surface area contributed by atoms with E-state index in [-0.39, 0.29) is 147 Å². The van der Waals surface area contributed by atoms with E-state index in [1.807, 2.05) is 0 Å². The van der Waals surface area contributed by atoms with Crippen molar-refractivity contribution in [3.05, 3.63) is 0 Å². The van der Waals surface area contributed by atoms with Crippen LogP contribution in [0.1, 0.15) is 38.5 Å². The van der Waals surface area contributed by atoms with Crippen LogP contribution in [0, 0.1) is 0 Å². The molecule has 0 aromatic carbocycles. The normalized spacial score (nSPS) is 31.9. The zero-order valence-corrected chi connectivity index (χ0v) is 27.6. The molecule has 3 heterocycles. The van der Waals surface area contributed by atoms with Gasteiger partial charge in [-0.25, -0.2) is 0 Å². The van der Waals surface area contributed by atoms with Crippen LogP contribution in [0.4, 0.5) is 0 Å². The van der Waals surface area contributed by atoms with Crippen molar-refractivity contribution < 1.29 is 179 Å². The molecule has 3 rings (SSSR count). The summed E-state index contributed by atoms with van der Waals surface area (Å²) in [7, 11) is 0. The fraction of sp³-hybridized carbons (Fsp3) is 0.833. The molecule has 0 spiro atoms. The van der Waals surface area contributed by atoms with Crippen molar-refractivity contribution >= 4 is 17.9 Å². The maximum atomic E-state index is 10.3. The number of aliphatic hydroxyl groups is 9. The summed E-state index contributed by atoms with van der Waals surface area (Å²) in [5, 5.41) is 112. The molecule has 0 aromatic rings. The number of rotatable bonds is 3. The molecule has 18 nitrogen and oxygen atoms in total. The number of carboxylic acid groups (broad SMARTS) is 3. The zero-order chi connectivity index (χ0) is 28.2. The van der Waals surface area contributed by atoms with E-state index < -0.39 is 52.6 Å². The number of carbonyl (C=O) groups is 3. The third-order valence-corrected chi connectivity index (χ3v) is 5.40. The quantitative estimate of drug-likeness (QED) is 0.107. The van der Waals surface area contributed by atoms with Gasteiger partial charge in [-0.05, 0) is 19.3 Å². The van der Waals surface area contributed by atoms with Gasteiger partial charge in [-0.1, -0.05) is 0 Å². The van der Waals surface area contributed by atoms with E-state index in [1.54, 1.807) is 0 Å². The summed E-state index contributed by atoms with van der Waals surface area (Å²) in [4.78, 5) is 30.9. The van der Waals surface area contributed by atoms with E-state index in [2.05, 4.69) is 14.2 Å². The Morgan fingerprint density at radius 2 is 0.641 bits per heavy atom. The van der Waals surface area contributed by atoms with Crippen molar-refractivity contribution in [3.8, 4) is 0 Å². The van der Waals surface area contributed by atoms with Crippen molar-refractivity contribution in [2.75, 3.05) is 19.8 Å². The fourth-order valence-corrected chi connectivity index (χ4v) is 3.14. The maximum absolute atomic E-state index is 10.3. The Hall–Kier alpha value is 0.930. The Morgan fingerprint density at radius 1 is 0.462 bits per heavy atom. The molecule has 0 aromatic heterocycles. The summed E-state index contributed by atoms with van der Waals surface area (Å²) in [6, 6.07) is 0. The Bertz CT molecular complexity index is 721. The van der Waals surface area contributed by atoms with Crippen molar-refractivity contribution in [1.82, 2.24) is 0 Å². The third-order valence-electron chi connectivity index (χ3n) is 5.40. The van der Waals surface area contributed by atoms with E-state index in [0.29, 0.717) is 0 Å². The van der Waals surface area contributed by atoms with Crippen LogP contribution >= 0.6 is 0 Å². The average molecular weight is 600 g/mol. The van der Waals surface area contributed by atoms with Crippen LogP contribution in [-0.2, 0) is 28.6 Å².